The first-order chi connectivity index (χ1) is 7.69. The van der Waals surface area contributed by atoms with E-state index in [1.807, 2.05) is 0 Å². The highest BCUT2D eigenvalue weighted by molar-refractivity contribution is 5.18. The van der Waals surface area contributed by atoms with Crippen molar-refractivity contribution < 1.29 is 13.9 Å². The zero-order valence-electron chi connectivity index (χ0n) is 9.00. The zero-order valence-corrected chi connectivity index (χ0v) is 9.00. The van der Waals surface area contributed by atoms with Gasteiger partial charge in [-0.3, -0.25) is 4.90 Å². The molecule has 1 N–H and O–H groups in total. The van der Waals surface area contributed by atoms with Crippen LogP contribution in [0.25, 0.3) is 0 Å². The molecule has 16 heavy (non-hydrogen) atoms. The number of halogens is 2. The Kier molecular flexibility index (Phi) is 3.51. The van der Waals surface area contributed by atoms with Gasteiger partial charge in [-0.05, 0) is 37.1 Å². The first kappa shape index (κ1) is 11.5. The molecule has 1 fully saturated rings. The summed E-state index contributed by atoms with van der Waals surface area (Å²) in [5.41, 5.74) is 0.623. The highest BCUT2D eigenvalue weighted by Crippen LogP contribution is 2.20. The van der Waals surface area contributed by atoms with Crippen LogP contribution < -0.4 is 0 Å². The van der Waals surface area contributed by atoms with Gasteiger partial charge >= 0.3 is 0 Å². The molecule has 1 heterocycles. The van der Waals surface area contributed by atoms with E-state index in [1.165, 1.54) is 12.1 Å². The number of hydrogen-bond donors (Lipinski definition) is 1. The van der Waals surface area contributed by atoms with Crippen molar-refractivity contribution in [3.63, 3.8) is 0 Å². The molecule has 1 aliphatic heterocycles. The standard InChI is InChI=1S/C12H15F2NO/c13-10-4-9(5-11(14)6-10)7-15-3-1-2-12(15)8-16/h4-6,12,16H,1-3,7-8H2. The maximum atomic E-state index is 13.0. The van der Waals surface area contributed by atoms with E-state index in [4.69, 9.17) is 5.11 Å². The minimum absolute atomic E-state index is 0.109. The van der Waals surface area contributed by atoms with E-state index in [1.54, 1.807) is 0 Å². The SMILES string of the molecule is OCC1CCCN1Cc1cc(F)cc(F)c1. The second-order valence-electron chi connectivity index (χ2n) is 4.23. The molecule has 1 atom stereocenters. The van der Waals surface area contributed by atoms with Crippen LogP contribution in [0, 0.1) is 11.6 Å². The number of aliphatic hydroxyl groups excluding tert-OH is 1. The van der Waals surface area contributed by atoms with E-state index in [0.29, 0.717) is 12.1 Å². The Morgan fingerprint density at radius 2 is 1.94 bits per heavy atom. The second-order valence-corrected chi connectivity index (χ2v) is 4.23. The molecule has 1 unspecified atom stereocenters. The van der Waals surface area contributed by atoms with Crippen LogP contribution in [0.4, 0.5) is 8.78 Å². The first-order valence-electron chi connectivity index (χ1n) is 5.49. The lowest BCUT2D eigenvalue weighted by molar-refractivity contribution is 0.153. The van der Waals surface area contributed by atoms with Crippen LogP contribution in [0.5, 0.6) is 0 Å². The highest BCUT2D eigenvalue weighted by Gasteiger charge is 2.23. The summed E-state index contributed by atoms with van der Waals surface area (Å²) >= 11 is 0. The van der Waals surface area contributed by atoms with E-state index in [2.05, 4.69) is 4.90 Å². The normalized spacial score (nSPS) is 21.6. The summed E-state index contributed by atoms with van der Waals surface area (Å²) in [7, 11) is 0. The number of hydrogen-bond acceptors (Lipinski definition) is 2. The van der Waals surface area contributed by atoms with Crippen molar-refractivity contribution in [2.75, 3.05) is 13.2 Å². The summed E-state index contributed by atoms with van der Waals surface area (Å²) in [4.78, 5) is 2.06. The molecule has 1 aliphatic rings. The van der Waals surface area contributed by atoms with Crippen molar-refractivity contribution in [3.8, 4) is 0 Å². The summed E-state index contributed by atoms with van der Waals surface area (Å²) in [5.74, 6) is -1.09. The fourth-order valence-corrected chi connectivity index (χ4v) is 2.25. The van der Waals surface area contributed by atoms with Gasteiger partial charge in [0.15, 0.2) is 0 Å². The lowest BCUT2D eigenvalue weighted by Crippen LogP contribution is -2.31. The minimum atomic E-state index is -0.547. The Morgan fingerprint density at radius 1 is 1.25 bits per heavy atom. The van der Waals surface area contributed by atoms with E-state index in [-0.39, 0.29) is 12.6 Å². The number of nitrogens with zero attached hydrogens (tertiary/aromatic N) is 1. The summed E-state index contributed by atoms with van der Waals surface area (Å²) in [6, 6.07) is 3.69. The van der Waals surface area contributed by atoms with Crippen molar-refractivity contribution in [3.05, 3.63) is 35.4 Å². The zero-order chi connectivity index (χ0) is 11.5. The third kappa shape index (κ3) is 2.57. The van der Waals surface area contributed by atoms with Crippen molar-refractivity contribution in [1.82, 2.24) is 4.90 Å². The third-order valence-corrected chi connectivity index (χ3v) is 3.02. The molecule has 0 saturated carbocycles. The van der Waals surface area contributed by atoms with Crippen LogP contribution in [0.1, 0.15) is 18.4 Å². The average Bonchev–Trinajstić information content (AvgIpc) is 2.63. The first-order valence-corrected chi connectivity index (χ1v) is 5.49. The number of aliphatic hydroxyl groups is 1. The van der Waals surface area contributed by atoms with Gasteiger partial charge in [0.05, 0.1) is 6.61 Å². The summed E-state index contributed by atoms with van der Waals surface area (Å²) in [6.45, 7) is 1.49. The molecule has 0 spiro atoms. The molecule has 2 nitrogen and oxygen atoms in total. The predicted molar refractivity (Wildman–Crippen MR) is 56.9 cm³/mol. The number of likely N-dealkylation sites (tertiary alicyclic amines) is 1. The quantitative estimate of drug-likeness (QED) is 0.852. The van der Waals surface area contributed by atoms with E-state index < -0.39 is 11.6 Å². The van der Waals surface area contributed by atoms with Gasteiger partial charge in [0.25, 0.3) is 0 Å². The van der Waals surface area contributed by atoms with E-state index in [9.17, 15) is 8.78 Å². The van der Waals surface area contributed by atoms with E-state index >= 15 is 0 Å². The Labute approximate surface area is 93.5 Å². The van der Waals surface area contributed by atoms with Gasteiger partial charge in [-0.2, -0.15) is 0 Å². The maximum absolute atomic E-state index is 13.0. The number of rotatable bonds is 3. The minimum Gasteiger partial charge on any atom is -0.395 e. The fourth-order valence-electron chi connectivity index (χ4n) is 2.25. The number of benzene rings is 1. The van der Waals surface area contributed by atoms with Crippen LogP contribution >= 0.6 is 0 Å². The molecule has 1 aromatic rings. The van der Waals surface area contributed by atoms with Gasteiger partial charge in [-0.1, -0.05) is 0 Å². The Hall–Kier alpha value is -1.00. The fraction of sp³-hybridized carbons (Fsp3) is 0.500. The van der Waals surface area contributed by atoms with Crippen LogP contribution in [0.3, 0.4) is 0 Å². The molecule has 88 valence electrons. The molecule has 0 amide bonds. The Balaban J connectivity index is 2.08. The van der Waals surface area contributed by atoms with Gasteiger partial charge in [-0.15, -0.1) is 0 Å². The van der Waals surface area contributed by atoms with E-state index in [0.717, 1.165) is 25.5 Å². The van der Waals surface area contributed by atoms with Gasteiger partial charge in [0.2, 0.25) is 0 Å². The molecule has 0 aliphatic carbocycles. The molecule has 1 aromatic carbocycles. The van der Waals surface area contributed by atoms with Gasteiger partial charge in [0, 0.05) is 18.7 Å². The highest BCUT2D eigenvalue weighted by atomic mass is 19.1. The lowest BCUT2D eigenvalue weighted by Gasteiger charge is -2.22. The maximum Gasteiger partial charge on any atom is 0.126 e. The van der Waals surface area contributed by atoms with Gasteiger partial charge < -0.3 is 5.11 Å². The van der Waals surface area contributed by atoms with Crippen LogP contribution in [-0.4, -0.2) is 29.2 Å². The van der Waals surface area contributed by atoms with Crippen molar-refractivity contribution in [2.24, 2.45) is 0 Å². The molecule has 0 bridgehead atoms. The second kappa shape index (κ2) is 4.89. The summed E-state index contributed by atoms with van der Waals surface area (Å²) < 4.78 is 25.9. The molecule has 0 aromatic heterocycles. The van der Waals surface area contributed by atoms with Crippen molar-refractivity contribution in [2.45, 2.75) is 25.4 Å². The average molecular weight is 227 g/mol. The molecule has 2 rings (SSSR count). The topological polar surface area (TPSA) is 23.5 Å². The van der Waals surface area contributed by atoms with Crippen LogP contribution in [-0.2, 0) is 6.54 Å². The third-order valence-electron chi connectivity index (χ3n) is 3.02. The molecule has 1 saturated heterocycles. The van der Waals surface area contributed by atoms with Crippen molar-refractivity contribution >= 4 is 0 Å². The largest absolute Gasteiger partial charge is 0.395 e. The molecular formula is C12H15F2NO. The predicted octanol–water partition coefficient (Wildman–Crippen LogP) is 1.92. The van der Waals surface area contributed by atoms with Gasteiger partial charge in [0.1, 0.15) is 11.6 Å². The van der Waals surface area contributed by atoms with Gasteiger partial charge in [-0.25, -0.2) is 8.78 Å². The summed E-state index contributed by atoms with van der Waals surface area (Å²) in [6.07, 6.45) is 1.98. The summed E-state index contributed by atoms with van der Waals surface area (Å²) in [5, 5.41) is 9.13. The Bertz CT molecular complexity index is 350. The van der Waals surface area contributed by atoms with Crippen LogP contribution in [0.2, 0.25) is 0 Å². The Morgan fingerprint density at radius 3 is 2.56 bits per heavy atom. The molecule has 0 radical (unpaired) electrons. The van der Waals surface area contributed by atoms with Crippen LogP contribution in [0.15, 0.2) is 18.2 Å². The monoisotopic (exact) mass is 227 g/mol. The molecular weight excluding hydrogens is 212 g/mol. The molecule has 4 heteroatoms. The lowest BCUT2D eigenvalue weighted by atomic mass is 10.2. The smallest absolute Gasteiger partial charge is 0.126 e. The van der Waals surface area contributed by atoms with Crippen molar-refractivity contribution in [1.29, 1.82) is 0 Å².